The molecule has 0 N–H and O–H groups in total. The van der Waals surface area contributed by atoms with Crippen LogP contribution in [0.5, 0.6) is 0 Å². The normalized spacial score (nSPS) is 21.0. The fraction of sp³-hybridized carbons (Fsp3) is 0.435. The molecule has 1 saturated carbocycles. The van der Waals surface area contributed by atoms with Crippen LogP contribution in [0.4, 0.5) is 0 Å². The lowest BCUT2D eigenvalue weighted by atomic mass is 9.84. The summed E-state index contributed by atoms with van der Waals surface area (Å²) in [7, 11) is 0. The summed E-state index contributed by atoms with van der Waals surface area (Å²) in [5.74, 6) is 0.603. The van der Waals surface area contributed by atoms with E-state index in [1.807, 2.05) is 0 Å². The molecule has 2 heteroatoms. The highest BCUT2D eigenvalue weighted by Gasteiger charge is 2.35. The van der Waals surface area contributed by atoms with Gasteiger partial charge in [0.1, 0.15) is 0 Å². The highest BCUT2D eigenvalue weighted by atomic mass is 16.2. The van der Waals surface area contributed by atoms with Crippen LogP contribution in [-0.2, 0) is 11.2 Å². The van der Waals surface area contributed by atoms with Crippen molar-refractivity contribution in [1.82, 2.24) is 4.90 Å². The molecular formula is C23H27NO. The van der Waals surface area contributed by atoms with Crippen molar-refractivity contribution in [2.75, 3.05) is 6.54 Å². The molecule has 1 aliphatic carbocycles. The molecule has 2 nitrogen and oxygen atoms in total. The molecule has 0 saturated heterocycles. The van der Waals surface area contributed by atoms with Crippen LogP contribution in [0.15, 0.2) is 48.5 Å². The van der Waals surface area contributed by atoms with E-state index in [2.05, 4.69) is 60.4 Å². The number of amides is 1. The molecule has 0 aromatic heterocycles. The summed E-state index contributed by atoms with van der Waals surface area (Å²) in [4.78, 5) is 15.5. The Kier molecular flexibility index (Phi) is 4.61. The summed E-state index contributed by atoms with van der Waals surface area (Å²) < 4.78 is 0. The molecule has 1 unspecified atom stereocenters. The number of carbonyl (C=O) groups excluding carboxylic acids is 1. The number of hydrogen-bond donors (Lipinski definition) is 0. The van der Waals surface area contributed by atoms with E-state index in [1.165, 1.54) is 41.5 Å². The average Bonchev–Trinajstić information content (AvgIpc) is 2.68. The molecule has 1 fully saturated rings. The molecule has 1 heterocycles. The number of benzene rings is 2. The van der Waals surface area contributed by atoms with Gasteiger partial charge in [-0.15, -0.1) is 0 Å². The molecule has 0 bridgehead atoms. The third kappa shape index (κ3) is 3.22. The van der Waals surface area contributed by atoms with Gasteiger partial charge in [0, 0.05) is 12.5 Å². The topological polar surface area (TPSA) is 20.3 Å². The van der Waals surface area contributed by atoms with E-state index >= 15 is 0 Å². The van der Waals surface area contributed by atoms with Gasteiger partial charge >= 0.3 is 0 Å². The molecule has 2 aromatic carbocycles. The first-order chi connectivity index (χ1) is 12.2. The lowest BCUT2D eigenvalue weighted by Crippen LogP contribution is -2.44. The second kappa shape index (κ2) is 7.03. The third-order valence-electron chi connectivity index (χ3n) is 5.91. The van der Waals surface area contributed by atoms with Crippen molar-refractivity contribution >= 4 is 5.91 Å². The van der Waals surface area contributed by atoms with E-state index in [-0.39, 0.29) is 12.0 Å². The number of fused-ring (bicyclic) bond motifs is 1. The fourth-order valence-electron chi connectivity index (χ4n) is 4.50. The van der Waals surface area contributed by atoms with E-state index in [1.54, 1.807) is 0 Å². The quantitative estimate of drug-likeness (QED) is 0.753. The standard InChI is InChI=1S/C23H27NO/c1-17-11-13-19(14-12-17)22-21-10-6-5-7-18(21)15-16-24(22)23(25)20-8-3-2-4-9-20/h5-7,10-14,20,22H,2-4,8-9,15-16H2,1H3. The monoisotopic (exact) mass is 333 g/mol. The van der Waals surface area contributed by atoms with Gasteiger partial charge in [-0.05, 0) is 42.9 Å². The van der Waals surface area contributed by atoms with Crippen molar-refractivity contribution in [1.29, 1.82) is 0 Å². The predicted molar refractivity (Wildman–Crippen MR) is 101 cm³/mol. The van der Waals surface area contributed by atoms with E-state index in [9.17, 15) is 4.79 Å². The van der Waals surface area contributed by atoms with Crippen LogP contribution in [-0.4, -0.2) is 17.4 Å². The molecule has 25 heavy (non-hydrogen) atoms. The number of aryl methyl sites for hydroxylation is 1. The zero-order valence-electron chi connectivity index (χ0n) is 15.1. The van der Waals surface area contributed by atoms with Gasteiger partial charge < -0.3 is 4.90 Å². The highest BCUT2D eigenvalue weighted by molar-refractivity contribution is 5.80. The fourth-order valence-corrected chi connectivity index (χ4v) is 4.50. The zero-order chi connectivity index (χ0) is 17.2. The Morgan fingerprint density at radius 2 is 1.68 bits per heavy atom. The summed E-state index contributed by atoms with van der Waals surface area (Å²) in [6, 6.07) is 17.4. The highest BCUT2D eigenvalue weighted by Crippen LogP contribution is 2.37. The van der Waals surface area contributed by atoms with Gasteiger partial charge in [0.25, 0.3) is 0 Å². The lowest BCUT2D eigenvalue weighted by molar-refractivity contribution is -0.138. The van der Waals surface area contributed by atoms with Crippen molar-refractivity contribution in [3.8, 4) is 0 Å². The Hall–Kier alpha value is -2.09. The Morgan fingerprint density at radius 1 is 0.960 bits per heavy atom. The molecule has 1 atom stereocenters. The van der Waals surface area contributed by atoms with Crippen LogP contribution >= 0.6 is 0 Å². The summed E-state index contributed by atoms with van der Waals surface area (Å²) >= 11 is 0. The van der Waals surface area contributed by atoms with Crippen molar-refractivity contribution in [2.24, 2.45) is 5.92 Å². The van der Waals surface area contributed by atoms with E-state index in [0.717, 1.165) is 25.8 Å². The maximum absolute atomic E-state index is 13.3. The minimum atomic E-state index is 0.0694. The van der Waals surface area contributed by atoms with Crippen LogP contribution in [0, 0.1) is 12.8 Å². The van der Waals surface area contributed by atoms with E-state index < -0.39 is 0 Å². The predicted octanol–water partition coefficient (Wildman–Crippen LogP) is 5.05. The smallest absolute Gasteiger partial charge is 0.226 e. The third-order valence-corrected chi connectivity index (χ3v) is 5.91. The Balaban J connectivity index is 1.72. The van der Waals surface area contributed by atoms with Crippen LogP contribution in [0.2, 0.25) is 0 Å². The lowest BCUT2D eigenvalue weighted by Gasteiger charge is -2.40. The maximum Gasteiger partial charge on any atom is 0.226 e. The van der Waals surface area contributed by atoms with Crippen LogP contribution in [0.3, 0.4) is 0 Å². The van der Waals surface area contributed by atoms with Crippen LogP contribution in [0.25, 0.3) is 0 Å². The summed E-state index contributed by atoms with van der Waals surface area (Å²) in [5, 5.41) is 0. The minimum Gasteiger partial charge on any atom is -0.331 e. The van der Waals surface area contributed by atoms with Gasteiger partial charge in [0.15, 0.2) is 0 Å². The SMILES string of the molecule is Cc1ccc(C2c3ccccc3CCN2C(=O)C2CCCCC2)cc1. The number of nitrogens with zero attached hydrogens (tertiary/aromatic N) is 1. The van der Waals surface area contributed by atoms with Crippen molar-refractivity contribution < 1.29 is 4.79 Å². The molecule has 0 spiro atoms. The van der Waals surface area contributed by atoms with Gasteiger partial charge in [-0.1, -0.05) is 73.4 Å². The molecule has 1 amide bonds. The number of hydrogen-bond acceptors (Lipinski definition) is 1. The van der Waals surface area contributed by atoms with Gasteiger partial charge in [-0.25, -0.2) is 0 Å². The first-order valence-corrected chi connectivity index (χ1v) is 9.69. The van der Waals surface area contributed by atoms with Crippen LogP contribution in [0.1, 0.15) is 60.4 Å². The average molecular weight is 333 g/mol. The van der Waals surface area contributed by atoms with Gasteiger partial charge in [-0.3, -0.25) is 4.79 Å². The molecule has 4 rings (SSSR count). The molecule has 0 radical (unpaired) electrons. The van der Waals surface area contributed by atoms with Crippen molar-refractivity contribution in [3.05, 3.63) is 70.8 Å². The van der Waals surface area contributed by atoms with E-state index in [4.69, 9.17) is 0 Å². The summed E-state index contributed by atoms with van der Waals surface area (Å²) in [5.41, 5.74) is 5.20. The number of carbonyl (C=O) groups is 1. The Bertz CT molecular complexity index is 743. The van der Waals surface area contributed by atoms with Gasteiger partial charge in [0.05, 0.1) is 6.04 Å². The summed E-state index contributed by atoms with van der Waals surface area (Å²) in [6.07, 6.45) is 6.80. The van der Waals surface area contributed by atoms with Gasteiger partial charge in [0.2, 0.25) is 5.91 Å². The van der Waals surface area contributed by atoms with Gasteiger partial charge in [-0.2, -0.15) is 0 Å². The Morgan fingerprint density at radius 3 is 2.44 bits per heavy atom. The first-order valence-electron chi connectivity index (χ1n) is 9.69. The zero-order valence-corrected chi connectivity index (χ0v) is 15.1. The van der Waals surface area contributed by atoms with Crippen molar-refractivity contribution in [2.45, 2.75) is 51.5 Å². The largest absolute Gasteiger partial charge is 0.331 e. The van der Waals surface area contributed by atoms with Crippen LogP contribution < -0.4 is 0 Å². The second-order valence-electron chi connectivity index (χ2n) is 7.63. The van der Waals surface area contributed by atoms with Crippen molar-refractivity contribution in [3.63, 3.8) is 0 Å². The molecule has 2 aromatic rings. The molecule has 130 valence electrons. The first kappa shape index (κ1) is 16.4. The Labute approximate surface area is 150 Å². The maximum atomic E-state index is 13.3. The summed E-state index contributed by atoms with van der Waals surface area (Å²) in [6.45, 7) is 2.95. The molecule has 1 aliphatic heterocycles. The minimum absolute atomic E-state index is 0.0694. The second-order valence-corrected chi connectivity index (χ2v) is 7.63. The van der Waals surface area contributed by atoms with E-state index in [0.29, 0.717) is 5.91 Å². The molecular weight excluding hydrogens is 306 g/mol. The number of rotatable bonds is 2. The molecule has 2 aliphatic rings.